The summed E-state index contributed by atoms with van der Waals surface area (Å²) in [4.78, 5) is 13.8. The van der Waals surface area contributed by atoms with Crippen LogP contribution < -0.4 is 5.73 Å². The number of carbonyl (C=O) groups is 1. The van der Waals surface area contributed by atoms with E-state index in [0.29, 0.717) is 0 Å². The summed E-state index contributed by atoms with van der Waals surface area (Å²) < 4.78 is 0. The maximum atomic E-state index is 10.0. The molecule has 0 radical (unpaired) electrons. The van der Waals surface area contributed by atoms with Gasteiger partial charge in [0.2, 0.25) is 0 Å². The molecule has 4 heteroatoms. The summed E-state index contributed by atoms with van der Waals surface area (Å²) in [5.74, 6) is -0.910. The summed E-state index contributed by atoms with van der Waals surface area (Å²) in [5, 5.41) is 8.23. The van der Waals surface area contributed by atoms with Crippen molar-refractivity contribution >= 4 is 5.97 Å². The Bertz CT molecular complexity index is 223. The summed E-state index contributed by atoms with van der Waals surface area (Å²) in [6.45, 7) is 3.55. The summed E-state index contributed by atoms with van der Waals surface area (Å²) in [7, 11) is 0. The van der Waals surface area contributed by atoms with Crippen LogP contribution in [-0.4, -0.2) is 22.1 Å². The first-order valence-electron chi connectivity index (χ1n) is 4.39. The lowest BCUT2D eigenvalue weighted by Gasteiger charge is -2.07. The summed E-state index contributed by atoms with van der Waals surface area (Å²) >= 11 is 0. The second kappa shape index (κ2) is 7.03. The number of carboxylic acid groups (broad SMARTS) is 1. The zero-order valence-corrected chi connectivity index (χ0v) is 8.42. The monoisotopic (exact) mass is 196 g/mol. The normalized spacial score (nSPS) is 11.4. The third kappa shape index (κ3) is 6.14. The average molecular weight is 196 g/mol. The minimum atomic E-state index is -0.931. The SMILES string of the molecule is CC(C)C(N)C(=O)O.c1ccncc1. The topological polar surface area (TPSA) is 76.2 Å². The number of aliphatic carboxylic acids is 1. The van der Waals surface area contributed by atoms with Gasteiger partial charge in [-0.2, -0.15) is 0 Å². The van der Waals surface area contributed by atoms with Crippen LogP contribution in [0.5, 0.6) is 0 Å². The van der Waals surface area contributed by atoms with Gasteiger partial charge in [0, 0.05) is 12.4 Å². The molecule has 0 saturated heterocycles. The van der Waals surface area contributed by atoms with E-state index < -0.39 is 12.0 Å². The summed E-state index contributed by atoms with van der Waals surface area (Å²) in [5.41, 5.74) is 5.16. The highest BCUT2D eigenvalue weighted by Gasteiger charge is 2.14. The van der Waals surface area contributed by atoms with Crippen LogP contribution in [0.3, 0.4) is 0 Å². The molecular weight excluding hydrogens is 180 g/mol. The van der Waals surface area contributed by atoms with Crippen molar-refractivity contribution in [3.05, 3.63) is 30.6 Å². The van der Waals surface area contributed by atoms with Crippen molar-refractivity contribution in [2.45, 2.75) is 19.9 Å². The largest absolute Gasteiger partial charge is 0.480 e. The third-order valence-electron chi connectivity index (χ3n) is 1.57. The van der Waals surface area contributed by atoms with Crippen LogP contribution in [0.1, 0.15) is 13.8 Å². The molecule has 0 aliphatic rings. The molecule has 0 spiro atoms. The number of carboxylic acids is 1. The highest BCUT2D eigenvalue weighted by molar-refractivity contribution is 5.73. The minimum Gasteiger partial charge on any atom is -0.480 e. The third-order valence-corrected chi connectivity index (χ3v) is 1.57. The Kier molecular flexibility index (Phi) is 6.32. The van der Waals surface area contributed by atoms with Crippen LogP contribution in [0.4, 0.5) is 0 Å². The van der Waals surface area contributed by atoms with Gasteiger partial charge in [0.25, 0.3) is 0 Å². The second-order valence-corrected chi connectivity index (χ2v) is 3.13. The maximum absolute atomic E-state index is 10.0. The molecule has 0 amide bonds. The van der Waals surface area contributed by atoms with Crippen molar-refractivity contribution in [1.82, 2.24) is 4.98 Å². The van der Waals surface area contributed by atoms with Gasteiger partial charge >= 0.3 is 5.97 Å². The average Bonchev–Trinajstić information content (AvgIpc) is 2.20. The van der Waals surface area contributed by atoms with E-state index in [2.05, 4.69) is 4.98 Å². The van der Waals surface area contributed by atoms with Gasteiger partial charge in [-0.1, -0.05) is 19.9 Å². The van der Waals surface area contributed by atoms with E-state index in [-0.39, 0.29) is 5.92 Å². The molecular formula is C10H16N2O2. The van der Waals surface area contributed by atoms with Crippen LogP contribution in [0.2, 0.25) is 0 Å². The first-order valence-corrected chi connectivity index (χ1v) is 4.39. The molecule has 14 heavy (non-hydrogen) atoms. The zero-order valence-electron chi connectivity index (χ0n) is 8.42. The Morgan fingerprint density at radius 1 is 1.29 bits per heavy atom. The number of hydrogen-bond donors (Lipinski definition) is 2. The minimum absolute atomic E-state index is 0.0208. The zero-order chi connectivity index (χ0) is 11.0. The van der Waals surface area contributed by atoms with Crippen LogP contribution in [0, 0.1) is 5.92 Å². The fourth-order valence-corrected chi connectivity index (χ4v) is 0.598. The summed E-state index contributed by atoms with van der Waals surface area (Å²) in [6.07, 6.45) is 3.50. The van der Waals surface area contributed by atoms with E-state index in [0.717, 1.165) is 0 Å². The molecule has 0 aromatic carbocycles. The van der Waals surface area contributed by atoms with E-state index in [9.17, 15) is 4.79 Å². The molecule has 1 rings (SSSR count). The molecule has 78 valence electrons. The Morgan fingerprint density at radius 3 is 1.86 bits per heavy atom. The Labute approximate surface area is 83.8 Å². The van der Waals surface area contributed by atoms with E-state index in [4.69, 9.17) is 10.8 Å². The van der Waals surface area contributed by atoms with E-state index in [1.807, 2.05) is 18.2 Å². The van der Waals surface area contributed by atoms with Gasteiger partial charge in [-0.05, 0) is 18.1 Å². The number of pyridine rings is 1. The number of nitrogens with zero attached hydrogens (tertiary/aromatic N) is 1. The standard InChI is InChI=1S/C5H11NO2.C5H5N/c1-3(2)4(6)5(7)8;1-2-4-6-5-3-1/h3-4H,6H2,1-2H3,(H,7,8);1-5H. The lowest BCUT2D eigenvalue weighted by atomic mass is 10.1. The lowest BCUT2D eigenvalue weighted by molar-refractivity contribution is -0.139. The van der Waals surface area contributed by atoms with Crippen molar-refractivity contribution < 1.29 is 9.90 Å². The predicted molar refractivity (Wildman–Crippen MR) is 54.7 cm³/mol. The van der Waals surface area contributed by atoms with E-state index in [1.54, 1.807) is 26.2 Å². The maximum Gasteiger partial charge on any atom is 0.320 e. The Hall–Kier alpha value is -1.42. The smallest absolute Gasteiger partial charge is 0.320 e. The number of aromatic nitrogens is 1. The van der Waals surface area contributed by atoms with Crippen molar-refractivity contribution in [2.24, 2.45) is 11.7 Å². The number of hydrogen-bond acceptors (Lipinski definition) is 3. The molecule has 1 aromatic rings. The summed E-state index contributed by atoms with van der Waals surface area (Å²) in [6, 6.07) is 5.00. The van der Waals surface area contributed by atoms with Gasteiger partial charge in [0.1, 0.15) is 6.04 Å². The van der Waals surface area contributed by atoms with Gasteiger partial charge in [0.05, 0.1) is 0 Å². The van der Waals surface area contributed by atoms with Crippen molar-refractivity contribution in [3.63, 3.8) is 0 Å². The first-order chi connectivity index (χ1) is 6.55. The second-order valence-electron chi connectivity index (χ2n) is 3.13. The molecule has 1 heterocycles. The van der Waals surface area contributed by atoms with Crippen molar-refractivity contribution in [2.75, 3.05) is 0 Å². The highest BCUT2D eigenvalue weighted by atomic mass is 16.4. The number of nitrogens with two attached hydrogens (primary N) is 1. The fraction of sp³-hybridized carbons (Fsp3) is 0.400. The molecule has 0 aliphatic carbocycles. The van der Waals surface area contributed by atoms with Gasteiger partial charge < -0.3 is 10.8 Å². The van der Waals surface area contributed by atoms with Gasteiger partial charge in [-0.25, -0.2) is 0 Å². The van der Waals surface area contributed by atoms with Crippen LogP contribution in [0.25, 0.3) is 0 Å². The lowest BCUT2D eigenvalue weighted by Crippen LogP contribution is -2.34. The molecule has 0 fully saturated rings. The van der Waals surface area contributed by atoms with Gasteiger partial charge in [-0.3, -0.25) is 9.78 Å². The molecule has 0 saturated carbocycles. The first kappa shape index (κ1) is 12.6. The van der Waals surface area contributed by atoms with Crippen LogP contribution >= 0.6 is 0 Å². The molecule has 4 nitrogen and oxygen atoms in total. The Balaban J connectivity index is 0.000000249. The molecule has 0 bridgehead atoms. The molecule has 3 N–H and O–H groups in total. The van der Waals surface area contributed by atoms with Gasteiger partial charge in [-0.15, -0.1) is 0 Å². The quantitative estimate of drug-likeness (QED) is 0.743. The van der Waals surface area contributed by atoms with Gasteiger partial charge in [0.15, 0.2) is 0 Å². The van der Waals surface area contributed by atoms with Crippen molar-refractivity contribution in [3.8, 4) is 0 Å². The van der Waals surface area contributed by atoms with Crippen LogP contribution in [0.15, 0.2) is 30.6 Å². The fourth-order valence-electron chi connectivity index (χ4n) is 0.598. The predicted octanol–water partition coefficient (Wildman–Crippen LogP) is 1.14. The highest BCUT2D eigenvalue weighted by Crippen LogP contribution is 1.96. The van der Waals surface area contributed by atoms with Crippen LogP contribution in [-0.2, 0) is 4.79 Å². The van der Waals surface area contributed by atoms with Crippen molar-refractivity contribution in [1.29, 1.82) is 0 Å². The van der Waals surface area contributed by atoms with E-state index >= 15 is 0 Å². The van der Waals surface area contributed by atoms with E-state index in [1.165, 1.54) is 0 Å². The number of rotatable bonds is 2. The molecule has 1 aromatic heterocycles. The molecule has 1 atom stereocenters. The molecule has 1 unspecified atom stereocenters. The Morgan fingerprint density at radius 2 is 1.79 bits per heavy atom. The molecule has 0 aliphatic heterocycles.